The van der Waals surface area contributed by atoms with Crippen molar-refractivity contribution in [2.24, 2.45) is 20.5 Å². The minimum Gasteiger partial charge on any atom is -0.744 e. The van der Waals surface area contributed by atoms with Crippen molar-refractivity contribution in [2.75, 3.05) is 0 Å². The van der Waals surface area contributed by atoms with E-state index in [1.54, 1.807) is 36.4 Å². The topological polar surface area (TPSA) is 184 Å². The molecular weight excluding hydrogens is 542 g/mol. The first-order valence-corrected chi connectivity index (χ1v) is 12.5. The number of hydrogen-bond acceptors (Lipinski definition) is 11. The molecule has 0 spiro atoms. The summed E-state index contributed by atoms with van der Waals surface area (Å²) in [6, 6.07) is 19.1. The van der Waals surface area contributed by atoms with Crippen molar-refractivity contribution in [1.82, 2.24) is 0 Å². The Kier molecular flexibility index (Phi) is 10.7. The molecule has 4 aromatic rings. The van der Waals surface area contributed by atoms with E-state index >= 15 is 0 Å². The monoisotopic (exact) mass is 556 g/mol. The Balaban J connectivity index is 0.00000241. The van der Waals surface area contributed by atoms with Crippen LogP contribution in [-0.2, 0) is 20.2 Å². The van der Waals surface area contributed by atoms with Crippen LogP contribution in [-0.4, -0.2) is 31.0 Å². The summed E-state index contributed by atoms with van der Waals surface area (Å²) in [6.07, 6.45) is 0. The first-order chi connectivity index (χ1) is 16.5. The zero-order chi connectivity index (χ0) is 25.2. The Morgan fingerprint density at radius 2 is 1.14 bits per heavy atom. The summed E-state index contributed by atoms with van der Waals surface area (Å²) in [5, 5.41) is 26.4. The number of nitrogens with zero attached hydrogens (tertiary/aromatic N) is 4. The zero-order valence-electron chi connectivity index (χ0n) is 19.5. The Morgan fingerprint density at radius 1 is 0.622 bits per heavy atom. The van der Waals surface area contributed by atoms with Crippen LogP contribution in [0.3, 0.4) is 0 Å². The number of aromatic hydroxyl groups is 1. The van der Waals surface area contributed by atoms with Crippen molar-refractivity contribution in [3.05, 3.63) is 78.9 Å². The summed E-state index contributed by atoms with van der Waals surface area (Å²) >= 11 is 0. The first kappa shape index (κ1) is 31.2. The molecule has 0 aromatic heterocycles. The maximum atomic E-state index is 11.6. The second-order valence-corrected chi connectivity index (χ2v) is 9.84. The van der Waals surface area contributed by atoms with Crippen LogP contribution in [0.15, 0.2) is 109 Å². The molecule has 4 rings (SSSR count). The number of benzene rings is 4. The average molecular weight is 556 g/mol. The van der Waals surface area contributed by atoms with E-state index in [0.717, 1.165) is 24.3 Å². The second-order valence-electron chi connectivity index (χ2n) is 7.12. The van der Waals surface area contributed by atoms with Gasteiger partial charge >= 0.3 is 59.1 Å². The van der Waals surface area contributed by atoms with E-state index < -0.39 is 35.8 Å². The van der Waals surface area contributed by atoms with Crippen molar-refractivity contribution in [3.8, 4) is 5.75 Å². The van der Waals surface area contributed by atoms with E-state index in [9.17, 15) is 31.0 Å². The van der Waals surface area contributed by atoms with E-state index in [1.807, 2.05) is 18.2 Å². The van der Waals surface area contributed by atoms with Crippen molar-refractivity contribution in [3.63, 3.8) is 0 Å². The van der Waals surface area contributed by atoms with Gasteiger partial charge in [0.25, 0.3) is 0 Å². The first-order valence-electron chi connectivity index (χ1n) is 9.72. The molecule has 0 atom stereocenters. The molecule has 15 heteroatoms. The number of rotatable bonds is 6. The smallest absolute Gasteiger partial charge is 0.744 e. The van der Waals surface area contributed by atoms with Crippen LogP contribution in [0.4, 0.5) is 22.7 Å². The van der Waals surface area contributed by atoms with Crippen LogP contribution < -0.4 is 59.1 Å². The number of phenols is 1. The third-order valence-corrected chi connectivity index (χ3v) is 6.41. The number of phenolic OH excluding ortho intramolecular Hbond substituents is 1. The minimum absolute atomic E-state index is 0. The van der Waals surface area contributed by atoms with E-state index in [2.05, 4.69) is 20.5 Å². The third kappa shape index (κ3) is 7.74. The Hall–Kier alpha value is -2.04. The summed E-state index contributed by atoms with van der Waals surface area (Å²) in [5.74, 6) is -0.956. The molecule has 0 bridgehead atoms. The van der Waals surface area contributed by atoms with Crippen LogP contribution in [0.1, 0.15) is 0 Å². The number of azo groups is 2. The van der Waals surface area contributed by atoms with Gasteiger partial charge in [-0.3, -0.25) is 0 Å². The van der Waals surface area contributed by atoms with Gasteiger partial charge in [0.05, 0.1) is 26.9 Å². The van der Waals surface area contributed by atoms with Crippen LogP contribution >= 0.6 is 0 Å². The molecule has 11 nitrogen and oxygen atoms in total. The summed E-state index contributed by atoms with van der Waals surface area (Å²) in [5.41, 5.74) is 1.09. The predicted octanol–water partition coefficient (Wildman–Crippen LogP) is -0.808. The standard InChI is InChI=1S/C22H16N4O7S2.2Na/c27-22-20(35(31,32)33)13-14-12-18(34(28,29)30)10-11-19(14)21(22)26-25-17-8-6-16(7-9-17)24-23-15-4-2-1-3-5-15;;/h1-13,27H,(H,28,29,30)(H,31,32,33);;/q;2*+1/p-2/b24-23+,26-25+;;. The number of hydrogen-bond donors (Lipinski definition) is 1. The SMILES string of the molecule is O=S(=O)([O-])c1ccc2c(/N=N/c3ccc(/N=N/c4ccccc4)cc3)c(O)c(S(=O)(=O)[O-])cc2c1.[Na+].[Na+]. The van der Waals surface area contributed by atoms with Crippen molar-refractivity contribution >= 4 is 53.8 Å². The average Bonchev–Trinajstić information content (AvgIpc) is 2.81. The van der Waals surface area contributed by atoms with Crippen LogP contribution in [0.25, 0.3) is 10.8 Å². The maximum Gasteiger partial charge on any atom is 1.00 e. The normalized spacial score (nSPS) is 11.9. The molecule has 0 aliphatic heterocycles. The van der Waals surface area contributed by atoms with E-state index in [4.69, 9.17) is 0 Å². The molecule has 0 saturated heterocycles. The number of fused-ring (bicyclic) bond motifs is 1. The Labute approximate surface area is 256 Å². The molecule has 0 unspecified atom stereocenters. The van der Waals surface area contributed by atoms with Crippen LogP contribution in [0.2, 0.25) is 0 Å². The van der Waals surface area contributed by atoms with Crippen molar-refractivity contribution in [2.45, 2.75) is 9.79 Å². The second kappa shape index (κ2) is 12.7. The Bertz CT molecular complexity index is 1700. The molecular formula is C22H14N4Na2O7S2. The summed E-state index contributed by atoms with van der Waals surface area (Å²) in [6.45, 7) is 0. The van der Waals surface area contributed by atoms with Gasteiger partial charge in [-0.15, -0.1) is 5.11 Å². The van der Waals surface area contributed by atoms with Gasteiger partial charge < -0.3 is 14.2 Å². The van der Waals surface area contributed by atoms with Gasteiger partial charge in [0.1, 0.15) is 25.9 Å². The largest absolute Gasteiger partial charge is 1.00 e. The molecule has 0 fully saturated rings. The van der Waals surface area contributed by atoms with E-state index in [0.29, 0.717) is 17.1 Å². The summed E-state index contributed by atoms with van der Waals surface area (Å²) in [4.78, 5) is -1.68. The van der Waals surface area contributed by atoms with Crippen LogP contribution in [0.5, 0.6) is 5.75 Å². The van der Waals surface area contributed by atoms with Gasteiger partial charge in [-0.25, -0.2) is 16.8 Å². The third-order valence-electron chi connectivity index (χ3n) is 4.73. The van der Waals surface area contributed by atoms with Gasteiger partial charge in [0.15, 0.2) is 5.75 Å². The zero-order valence-corrected chi connectivity index (χ0v) is 25.1. The fraction of sp³-hybridized carbons (Fsp3) is 0. The van der Waals surface area contributed by atoms with Crippen molar-refractivity contribution < 1.29 is 90.2 Å². The maximum absolute atomic E-state index is 11.6. The van der Waals surface area contributed by atoms with Gasteiger partial charge in [0, 0.05) is 5.39 Å². The minimum atomic E-state index is -5.17. The molecule has 0 heterocycles. The van der Waals surface area contributed by atoms with Gasteiger partial charge in [-0.05, 0) is 60.0 Å². The molecule has 0 saturated carbocycles. The molecule has 1 N–H and O–H groups in total. The van der Waals surface area contributed by atoms with E-state index in [1.165, 1.54) is 0 Å². The fourth-order valence-electron chi connectivity index (χ4n) is 3.08. The van der Waals surface area contributed by atoms with Crippen molar-refractivity contribution in [1.29, 1.82) is 0 Å². The fourth-order valence-corrected chi connectivity index (χ4v) is 4.19. The van der Waals surface area contributed by atoms with Gasteiger partial charge in [0.2, 0.25) is 0 Å². The molecule has 0 radical (unpaired) electrons. The van der Waals surface area contributed by atoms with Gasteiger partial charge in [-0.2, -0.15) is 15.3 Å². The predicted molar refractivity (Wildman–Crippen MR) is 123 cm³/mol. The van der Waals surface area contributed by atoms with Gasteiger partial charge in [-0.1, -0.05) is 24.3 Å². The summed E-state index contributed by atoms with van der Waals surface area (Å²) in [7, 11) is -10.0. The quantitative estimate of drug-likeness (QED) is 0.183. The molecule has 0 amide bonds. The van der Waals surface area contributed by atoms with Crippen LogP contribution in [0, 0.1) is 0 Å². The van der Waals surface area contributed by atoms with E-state index in [-0.39, 0.29) is 75.6 Å². The molecule has 0 aliphatic rings. The molecule has 4 aromatic carbocycles. The molecule has 37 heavy (non-hydrogen) atoms. The summed E-state index contributed by atoms with van der Waals surface area (Å²) < 4.78 is 68.9. The molecule has 178 valence electrons. The Morgan fingerprint density at radius 3 is 1.65 bits per heavy atom. The molecule has 0 aliphatic carbocycles.